The first-order valence-electron chi connectivity index (χ1n) is 9.05. The Bertz CT molecular complexity index is 823. The molecule has 1 aliphatic rings. The van der Waals surface area contributed by atoms with Crippen LogP contribution in [0.5, 0.6) is 0 Å². The van der Waals surface area contributed by atoms with Crippen molar-refractivity contribution < 1.29 is 14.3 Å². The van der Waals surface area contributed by atoms with E-state index in [1.54, 1.807) is 0 Å². The highest BCUT2D eigenvalue weighted by Gasteiger charge is 2.41. The van der Waals surface area contributed by atoms with E-state index in [-0.39, 0.29) is 17.4 Å². The van der Waals surface area contributed by atoms with Crippen LogP contribution < -0.4 is 5.73 Å². The number of aliphatic hydroxyl groups excluding tert-OH is 1. The zero-order chi connectivity index (χ0) is 20.0. The second kappa shape index (κ2) is 7.32. The van der Waals surface area contributed by atoms with Crippen molar-refractivity contribution in [3.05, 3.63) is 6.33 Å². The number of hydrogen-bond acceptors (Lipinski definition) is 8. The maximum Gasteiger partial charge on any atom is 0.192 e. The van der Waals surface area contributed by atoms with Crippen molar-refractivity contribution in [1.82, 2.24) is 19.5 Å². The summed E-state index contributed by atoms with van der Waals surface area (Å²) in [6, 6.07) is 0. The topological polar surface area (TPSA) is 108 Å². The highest BCUT2D eigenvalue weighted by Crippen LogP contribution is 2.39. The van der Waals surface area contributed by atoms with E-state index < -0.39 is 14.4 Å². The summed E-state index contributed by atoms with van der Waals surface area (Å²) in [6.45, 7) is 11.4. The van der Waals surface area contributed by atoms with Gasteiger partial charge in [0.05, 0.1) is 12.7 Å². The number of nitrogens with zero attached hydrogens (tertiary/aromatic N) is 4. The third-order valence-corrected chi connectivity index (χ3v) is 10.7. The summed E-state index contributed by atoms with van der Waals surface area (Å²) < 4.78 is 14.3. The predicted molar refractivity (Wildman–Crippen MR) is 109 cm³/mol. The van der Waals surface area contributed by atoms with E-state index in [0.29, 0.717) is 30.0 Å². The SMILES string of the molecule is CSc1nc2c(N)ncnc2n1[C@H]1C[C@H](O)[C@@H](CO[Si](C)(C)C(C)(C)C)O1. The van der Waals surface area contributed by atoms with Gasteiger partial charge >= 0.3 is 0 Å². The predicted octanol–water partition coefficient (Wildman–Crippen LogP) is 2.80. The summed E-state index contributed by atoms with van der Waals surface area (Å²) in [4.78, 5) is 12.9. The van der Waals surface area contributed by atoms with Crippen LogP contribution in [0.2, 0.25) is 18.1 Å². The summed E-state index contributed by atoms with van der Waals surface area (Å²) in [5, 5.41) is 11.4. The standard InChI is InChI=1S/C17H29N5O3SSi/c1-17(2,3)27(5,6)24-8-11-10(23)7-12(25-11)22-15-13(21-16(22)26-4)14(18)19-9-20-15/h9-12,23H,7-8H2,1-6H3,(H2,18,19,20)/t10-,11+,12+/m0/s1. The first-order chi connectivity index (χ1) is 12.5. The zero-order valence-corrected chi connectivity index (χ0v) is 18.6. The van der Waals surface area contributed by atoms with Crippen molar-refractivity contribution in [3.8, 4) is 0 Å². The Hall–Kier alpha value is -1.20. The summed E-state index contributed by atoms with van der Waals surface area (Å²) in [6.07, 6.45) is 2.46. The van der Waals surface area contributed by atoms with Gasteiger partial charge in [-0.05, 0) is 24.4 Å². The average molecular weight is 412 g/mol. The number of anilines is 1. The molecule has 0 radical (unpaired) electrons. The lowest BCUT2D eigenvalue weighted by molar-refractivity contribution is -0.0431. The third-order valence-electron chi connectivity index (χ3n) is 5.56. The maximum absolute atomic E-state index is 10.6. The van der Waals surface area contributed by atoms with E-state index in [4.69, 9.17) is 14.9 Å². The van der Waals surface area contributed by atoms with Gasteiger partial charge in [-0.1, -0.05) is 32.5 Å². The van der Waals surface area contributed by atoms with Gasteiger partial charge < -0.3 is 20.0 Å². The van der Waals surface area contributed by atoms with Crippen LogP contribution in [0, 0.1) is 0 Å². The van der Waals surface area contributed by atoms with Gasteiger partial charge in [0.25, 0.3) is 0 Å². The molecular formula is C17H29N5O3SSi. The number of rotatable bonds is 5. The number of nitrogen functional groups attached to an aromatic ring is 1. The Morgan fingerprint density at radius 3 is 2.74 bits per heavy atom. The molecule has 0 saturated carbocycles. The van der Waals surface area contributed by atoms with Gasteiger partial charge in [0.15, 0.2) is 30.5 Å². The molecule has 0 unspecified atom stereocenters. The molecule has 8 nitrogen and oxygen atoms in total. The summed E-state index contributed by atoms with van der Waals surface area (Å²) in [7, 11) is -1.91. The molecule has 10 heteroatoms. The second-order valence-corrected chi connectivity index (χ2v) is 14.0. The lowest BCUT2D eigenvalue weighted by atomic mass is 10.2. The molecule has 3 N–H and O–H groups in total. The monoisotopic (exact) mass is 411 g/mol. The van der Waals surface area contributed by atoms with Crippen LogP contribution in [0.4, 0.5) is 5.82 Å². The molecule has 150 valence electrons. The van der Waals surface area contributed by atoms with Crippen molar-refractivity contribution in [1.29, 1.82) is 0 Å². The van der Waals surface area contributed by atoms with Crippen molar-refractivity contribution >= 4 is 37.1 Å². The average Bonchev–Trinajstić information content (AvgIpc) is 3.13. The van der Waals surface area contributed by atoms with Gasteiger partial charge in [0.2, 0.25) is 0 Å². The summed E-state index contributed by atoms with van der Waals surface area (Å²) >= 11 is 1.48. The number of nitrogens with two attached hydrogens (primary N) is 1. The first-order valence-corrected chi connectivity index (χ1v) is 13.2. The Morgan fingerprint density at radius 2 is 2.11 bits per heavy atom. The van der Waals surface area contributed by atoms with Crippen molar-refractivity contribution in [3.63, 3.8) is 0 Å². The number of aromatic nitrogens is 4. The van der Waals surface area contributed by atoms with E-state index in [2.05, 4.69) is 48.8 Å². The van der Waals surface area contributed by atoms with E-state index >= 15 is 0 Å². The van der Waals surface area contributed by atoms with E-state index in [1.165, 1.54) is 18.1 Å². The molecule has 2 aromatic heterocycles. The van der Waals surface area contributed by atoms with Crippen LogP contribution >= 0.6 is 11.8 Å². The molecule has 27 heavy (non-hydrogen) atoms. The van der Waals surface area contributed by atoms with Crippen LogP contribution in [0.25, 0.3) is 11.2 Å². The number of fused-ring (bicyclic) bond motifs is 1. The van der Waals surface area contributed by atoms with E-state index in [0.717, 1.165) is 5.16 Å². The van der Waals surface area contributed by atoms with Crippen LogP contribution in [-0.4, -0.2) is 58.0 Å². The Labute approximate surface area is 165 Å². The number of hydrogen-bond donors (Lipinski definition) is 2. The lowest BCUT2D eigenvalue weighted by Crippen LogP contribution is -2.43. The molecule has 0 spiro atoms. The third kappa shape index (κ3) is 3.86. The minimum Gasteiger partial charge on any atom is -0.414 e. The maximum atomic E-state index is 10.6. The normalized spacial score (nSPS) is 24.0. The summed E-state index contributed by atoms with van der Waals surface area (Å²) in [5.74, 6) is 0.338. The molecule has 3 atom stereocenters. The first kappa shape index (κ1) is 20.5. The van der Waals surface area contributed by atoms with Crippen LogP contribution in [0.15, 0.2) is 11.5 Å². The largest absolute Gasteiger partial charge is 0.414 e. The van der Waals surface area contributed by atoms with Crippen LogP contribution in [-0.2, 0) is 9.16 Å². The Kier molecular flexibility index (Phi) is 5.57. The number of aliphatic hydroxyl groups is 1. The highest BCUT2D eigenvalue weighted by molar-refractivity contribution is 7.98. The smallest absolute Gasteiger partial charge is 0.192 e. The molecule has 0 bridgehead atoms. The summed E-state index contributed by atoms with van der Waals surface area (Å²) in [5.41, 5.74) is 7.12. The molecule has 0 aliphatic carbocycles. The van der Waals surface area contributed by atoms with Crippen LogP contribution in [0.3, 0.4) is 0 Å². The molecule has 0 aromatic carbocycles. The molecule has 2 aromatic rings. The fourth-order valence-corrected chi connectivity index (χ4v) is 4.44. The number of imidazole rings is 1. The highest BCUT2D eigenvalue weighted by atomic mass is 32.2. The molecule has 1 aliphatic heterocycles. The zero-order valence-electron chi connectivity index (χ0n) is 16.8. The Balaban J connectivity index is 1.81. The van der Waals surface area contributed by atoms with E-state index in [9.17, 15) is 5.11 Å². The number of thioether (sulfide) groups is 1. The fraction of sp³-hybridized carbons (Fsp3) is 0.706. The molecule has 3 rings (SSSR count). The van der Waals surface area contributed by atoms with Crippen molar-refractivity contribution in [2.24, 2.45) is 0 Å². The van der Waals surface area contributed by atoms with Gasteiger partial charge in [-0.25, -0.2) is 15.0 Å². The lowest BCUT2D eigenvalue weighted by Gasteiger charge is -2.37. The quantitative estimate of drug-likeness (QED) is 0.571. The molecule has 1 saturated heterocycles. The van der Waals surface area contributed by atoms with Gasteiger partial charge in [-0.3, -0.25) is 4.57 Å². The van der Waals surface area contributed by atoms with Gasteiger partial charge in [0.1, 0.15) is 18.7 Å². The van der Waals surface area contributed by atoms with Crippen molar-refractivity contribution in [2.45, 2.75) is 68.9 Å². The van der Waals surface area contributed by atoms with Gasteiger partial charge in [-0.2, -0.15) is 0 Å². The number of ether oxygens (including phenoxy) is 1. The van der Waals surface area contributed by atoms with Crippen molar-refractivity contribution in [2.75, 3.05) is 18.6 Å². The minimum atomic E-state index is -1.91. The molecule has 3 heterocycles. The second-order valence-electron chi connectivity index (χ2n) is 8.40. The van der Waals surface area contributed by atoms with E-state index in [1.807, 2.05) is 10.8 Å². The molecule has 0 amide bonds. The molecule has 1 fully saturated rings. The molecular weight excluding hydrogens is 382 g/mol. The Morgan fingerprint density at radius 1 is 1.41 bits per heavy atom. The fourth-order valence-electron chi connectivity index (χ4n) is 2.84. The van der Waals surface area contributed by atoms with Gasteiger partial charge in [-0.15, -0.1) is 0 Å². The van der Waals surface area contributed by atoms with Gasteiger partial charge in [0, 0.05) is 6.42 Å². The van der Waals surface area contributed by atoms with Crippen LogP contribution in [0.1, 0.15) is 33.4 Å². The minimum absolute atomic E-state index is 0.108.